The van der Waals surface area contributed by atoms with Gasteiger partial charge in [0.1, 0.15) is 0 Å². The number of aromatic nitrogens is 1. The van der Waals surface area contributed by atoms with Gasteiger partial charge < -0.3 is 10.6 Å². The second-order valence-electron chi connectivity index (χ2n) is 4.70. The summed E-state index contributed by atoms with van der Waals surface area (Å²) in [5.41, 5.74) is 1.96. The number of piperidine rings is 1. The van der Waals surface area contributed by atoms with E-state index in [2.05, 4.69) is 21.7 Å². The van der Waals surface area contributed by atoms with Gasteiger partial charge in [0.15, 0.2) is 0 Å². The number of benzene rings is 1. The number of anilines is 1. The summed E-state index contributed by atoms with van der Waals surface area (Å²) in [6, 6.07) is 8.61. The molecule has 0 amide bonds. The molecule has 0 atom stereocenters. The van der Waals surface area contributed by atoms with Gasteiger partial charge in [0.05, 0.1) is 10.5 Å². The van der Waals surface area contributed by atoms with Gasteiger partial charge in [-0.15, -0.1) is 0 Å². The van der Waals surface area contributed by atoms with Crippen LogP contribution in [0.4, 0.5) is 5.69 Å². The van der Waals surface area contributed by atoms with E-state index >= 15 is 0 Å². The number of fused-ring (bicyclic) bond motifs is 1. The molecule has 0 unspecified atom stereocenters. The number of hydrogen-bond donors (Lipinski definition) is 2. The van der Waals surface area contributed by atoms with Crippen molar-refractivity contribution in [2.75, 3.05) is 18.4 Å². The molecule has 2 aromatic rings. The van der Waals surface area contributed by atoms with E-state index in [0.717, 1.165) is 42.5 Å². The zero-order valence-corrected chi connectivity index (χ0v) is 10.9. The van der Waals surface area contributed by atoms with E-state index in [0.29, 0.717) is 11.1 Å². The third-order valence-corrected chi connectivity index (χ3v) is 3.66. The van der Waals surface area contributed by atoms with Crippen molar-refractivity contribution in [2.24, 2.45) is 0 Å². The Hall–Kier alpha value is -1.32. The summed E-state index contributed by atoms with van der Waals surface area (Å²) in [4.78, 5) is 4.30. The van der Waals surface area contributed by atoms with Crippen LogP contribution in [0.3, 0.4) is 0 Å². The molecule has 2 N–H and O–H groups in total. The summed E-state index contributed by atoms with van der Waals surface area (Å²) in [5.74, 6) is 0. The smallest absolute Gasteiger partial charge is 0.0889 e. The fourth-order valence-corrected chi connectivity index (χ4v) is 2.71. The second kappa shape index (κ2) is 5.12. The predicted molar refractivity (Wildman–Crippen MR) is 76.3 cm³/mol. The van der Waals surface area contributed by atoms with Crippen LogP contribution >= 0.6 is 11.6 Å². The molecule has 94 valence electrons. The van der Waals surface area contributed by atoms with Crippen molar-refractivity contribution in [1.29, 1.82) is 0 Å². The van der Waals surface area contributed by atoms with Crippen molar-refractivity contribution in [1.82, 2.24) is 10.3 Å². The monoisotopic (exact) mass is 261 g/mol. The van der Waals surface area contributed by atoms with Crippen molar-refractivity contribution in [3.8, 4) is 0 Å². The van der Waals surface area contributed by atoms with E-state index in [4.69, 9.17) is 11.6 Å². The average molecular weight is 262 g/mol. The molecule has 4 heteroatoms. The molecule has 1 saturated heterocycles. The minimum atomic E-state index is 0.538. The van der Waals surface area contributed by atoms with E-state index < -0.39 is 0 Å². The quantitative estimate of drug-likeness (QED) is 0.873. The number of nitrogens with one attached hydrogen (secondary N) is 2. The number of halogens is 1. The summed E-state index contributed by atoms with van der Waals surface area (Å²) >= 11 is 6.27. The molecule has 3 nitrogen and oxygen atoms in total. The molecule has 0 bridgehead atoms. The molecule has 0 saturated carbocycles. The van der Waals surface area contributed by atoms with Gasteiger partial charge in [-0.2, -0.15) is 0 Å². The highest BCUT2D eigenvalue weighted by Gasteiger charge is 2.13. The second-order valence-corrected chi connectivity index (χ2v) is 5.11. The lowest BCUT2D eigenvalue weighted by Crippen LogP contribution is -2.35. The van der Waals surface area contributed by atoms with Crippen LogP contribution in [0.5, 0.6) is 0 Å². The molecule has 1 aliphatic rings. The first-order valence-electron chi connectivity index (χ1n) is 6.34. The van der Waals surface area contributed by atoms with Gasteiger partial charge in [0.2, 0.25) is 0 Å². The average Bonchev–Trinajstić information content (AvgIpc) is 2.40. The summed E-state index contributed by atoms with van der Waals surface area (Å²) in [6.07, 6.45) is 4.08. The molecule has 0 radical (unpaired) electrons. The Morgan fingerprint density at radius 2 is 2.11 bits per heavy atom. The van der Waals surface area contributed by atoms with Crippen molar-refractivity contribution >= 4 is 28.2 Å². The first-order valence-corrected chi connectivity index (χ1v) is 6.72. The zero-order valence-electron chi connectivity index (χ0n) is 10.1. The largest absolute Gasteiger partial charge is 0.382 e. The Labute approximate surface area is 112 Å². The fraction of sp³-hybridized carbons (Fsp3) is 0.357. The van der Waals surface area contributed by atoms with E-state index in [1.165, 1.54) is 0 Å². The molecule has 0 spiro atoms. The van der Waals surface area contributed by atoms with E-state index in [1.54, 1.807) is 6.20 Å². The van der Waals surface area contributed by atoms with E-state index in [1.807, 2.05) is 18.2 Å². The lowest BCUT2D eigenvalue weighted by atomic mass is 10.1. The van der Waals surface area contributed by atoms with Gasteiger partial charge in [-0.25, -0.2) is 0 Å². The highest BCUT2D eigenvalue weighted by molar-refractivity contribution is 6.35. The maximum Gasteiger partial charge on any atom is 0.0889 e. The van der Waals surface area contributed by atoms with Crippen LogP contribution in [-0.4, -0.2) is 24.1 Å². The third kappa shape index (κ3) is 2.42. The molecule has 1 aromatic carbocycles. The normalized spacial score (nSPS) is 16.9. The lowest BCUT2D eigenvalue weighted by Gasteiger charge is -2.25. The summed E-state index contributed by atoms with van der Waals surface area (Å²) in [6.45, 7) is 2.17. The SMILES string of the molecule is Clc1cc(NC2CCNCC2)cc2cccnc12. The van der Waals surface area contributed by atoms with Gasteiger partial charge in [-0.1, -0.05) is 17.7 Å². The standard InChI is InChI=1S/C14H16ClN3/c15-13-9-12(18-11-3-6-16-7-4-11)8-10-2-1-5-17-14(10)13/h1-2,5,8-9,11,16,18H,3-4,6-7H2. The van der Waals surface area contributed by atoms with Gasteiger partial charge in [0.25, 0.3) is 0 Å². The van der Waals surface area contributed by atoms with Crippen LogP contribution in [0, 0.1) is 0 Å². The highest BCUT2D eigenvalue weighted by atomic mass is 35.5. The van der Waals surface area contributed by atoms with Crippen LogP contribution in [0.1, 0.15) is 12.8 Å². The van der Waals surface area contributed by atoms with Crippen molar-refractivity contribution in [3.05, 3.63) is 35.5 Å². The molecule has 1 aromatic heterocycles. The molecular weight excluding hydrogens is 246 g/mol. The lowest BCUT2D eigenvalue weighted by molar-refractivity contribution is 0.479. The zero-order chi connectivity index (χ0) is 12.4. The first-order chi connectivity index (χ1) is 8.83. The molecule has 1 aliphatic heterocycles. The van der Waals surface area contributed by atoms with Crippen LogP contribution in [0.2, 0.25) is 5.02 Å². The predicted octanol–water partition coefficient (Wildman–Crippen LogP) is 3.05. The fourth-order valence-electron chi connectivity index (χ4n) is 2.43. The highest BCUT2D eigenvalue weighted by Crippen LogP contribution is 2.27. The van der Waals surface area contributed by atoms with E-state index in [-0.39, 0.29) is 0 Å². The summed E-state index contributed by atoms with van der Waals surface area (Å²) in [5, 5.41) is 8.72. The Morgan fingerprint density at radius 3 is 2.94 bits per heavy atom. The maximum absolute atomic E-state index is 6.27. The summed E-state index contributed by atoms with van der Waals surface area (Å²) in [7, 11) is 0. The minimum absolute atomic E-state index is 0.538. The number of rotatable bonds is 2. The van der Waals surface area contributed by atoms with Crippen molar-refractivity contribution in [2.45, 2.75) is 18.9 Å². The maximum atomic E-state index is 6.27. The van der Waals surface area contributed by atoms with Gasteiger partial charge in [-0.3, -0.25) is 4.98 Å². The third-order valence-electron chi connectivity index (χ3n) is 3.37. The number of hydrogen-bond acceptors (Lipinski definition) is 3. The minimum Gasteiger partial charge on any atom is -0.382 e. The molecule has 1 fully saturated rings. The number of pyridine rings is 1. The van der Waals surface area contributed by atoms with Gasteiger partial charge in [0, 0.05) is 23.3 Å². The van der Waals surface area contributed by atoms with Crippen molar-refractivity contribution < 1.29 is 0 Å². The Kier molecular flexibility index (Phi) is 3.35. The molecular formula is C14H16ClN3. The van der Waals surface area contributed by atoms with Gasteiger partial charge in [-0.05, 0) is 44.1 Å². The van der Waals surface area contributed by atoms with Crippen LogP contribution in [0.15, 0.2) is 30.5 Å². The van der Waals surface area contributed by atoms with Crippen molar-refractivity contribution in [3.63, 3.8) is 0 Å². The molecule has 2 heterocycles. The van der Waals surface area contributed by atoms with Gasteiger partial charge >= 0.3 is 0 Å². The summed E-state index contributed by atoms with van der Waals surface area (Å²) < 4.78 is 0. The Morgan fingerprint density at radius 1 is 1.28 bits per heavy atom. The number of nitrogens with zero attached hydrogens (tertiary/aromatic N) is 1. The van der Waals surface area contributed by atoms with Crippen LogP contribution in [0.25, 0.3) is 10.9 Å². The molecule has 3 rings (SSSR count). The van der Waals surface area contributed by atoms with Crippen LogP contribution in [-0.2, 0) is 0 Å². The molecule has 0 aliphatic carbocycles. The van der Waals surface area contributed by atoms with Crippen LogP contribution < -0.4 is 10.6 Å². The first kappa shape index (κ1) is 11.8. The Bertz CT molecular complexity index is 550. The molecule has 18 heavy (non-hydrogen) atoms. The van der Waals surface area contributed by atoms with E-state index in [9.17, 15) is 0 Å². The Balaban J connectivity index is 1.87. The topological polar surface area (TPSA) is 37.0 Å².